The molecule has 1 fully saturated rings. The number of nitrogens with zero attached hydrogens (tertiary/aromatic N) is 3. The Morgan fingerprint density at radius 1 is 0.697 bits per heavy atom. The Bertz CT molecular complexity index is 740. The lowest BCUT2D eigenvalue weighted by Crippen LogP contribution is -2.00. The van der Waals surface area contributed by atoms with E-state index < -0.39 is 0 Å². The first-order valence-corrected chi connectivity index (χ1v) is 13.8. The van der Waals surface area contributed by atoms with Crippen LogP contribution < -0.4 is 4.74 Å². The summed E-state index contributed by atoms with van der Waals surface area (Å²) >= 11 is 0. The minimum atomic E-state index is 0.604. The quantitative estimate of drug-likeness (QED) is 0.201. The van der Waals surface area contributed by atoms with E-state index in [1.165, 1.54) is 102 Å². The van der Waals surface area contributed by atoms with Crippen LogP contribution >= 0.6 is 0 Å². The molecule has 0 unspecified atom stereocenters. The summed E-state index contributed by atoms with van der Waals surface area (Å²) in [5, 5.41) is 0. The lowest BCUT2D eigenvalue weighted by atomic mass is 10.0. The fourth-order valence-electron chi connectivity index (χ4n) is 4.36. The number of pyridine rings is 1. The first-order chi connectivity index (χ1) is 16.3. The highest BCUT2D eigenvalue weighted by Crippen LogP contribution is 2.34. The molecule has 182 valence electrons. The van der Waals surface area contributed by atoms with Gasteiger partial charge in [-0.05, 0) is 36.8 Å². The maximum absolute atomic E-state index is 5.73. The molecular weight excluding hydrogens is 406 g/mol. The highest BCUT2D eigenvalue weighted by atomic mass is 16.5. The van der Waals surface area contributed by atoms with Crippen LogP contribution in [0.4, 0.5) is 0 Å². The fraction of sp³-hybridized carbons (Fsp3) is 0.690. The van der Waals surface area contributed by atoms with E-state index in [2.05, 4.69) is 34.0 Å². The number of unbranched alkanes of at least 4 members (excludes halogenated alkanes) is 11. The van der Waals surface area contributed by atoms with Crippen molar-refractivity contribution in [2.75, 3.05) is 6.61 Å². The van der Waals surface area contributed by atoms with Crippen LogP contribution in [0.5, 0.6) is 5.88 Å². The molecule has 0 amide bonds. The second-order valence-corrected chi connectivity index (χ2v) is 9.86. The maximum Gasteiger partial charge on any atom is 0.232 e. The first-order valence-electron chi connectivity index (χ1n) is 13.8. The summed E-state index contributed by atoms with van der Waals surface area (Å²) in [7, 11) is 0. The standard InChI is InChI=1S/C29H45N3O/c1-2-3-4-5-11-14-21-33-29-24-31-28(23-32-29)27-20-19-26(22-30-27)16-13-10-8-6-7-9-12-15-25-17-18-25/h19-20,22-25H,2-18,21H2,1H3. The van der Waals surface area contributed by atoms with Gasteiger partial charge in [0.2, 0.25) is 5.88 Å². The number of ether oxygens (including phenoxy) is 1. The molecule has 2 aromatic rings. The molecule has 1 aliphatic carbocycles. The number of hydrogen-bond acceptors (Lipinski definition) is 4. The Hall–Kier alpha value is -1.97. The lowest BCUT2D eigenvalue weighted by molar-refractivity contribution is 0.292. The molecular formula is C29H45N3O. The minimum absolute atomic E-state index is 0.604. The van der Waals surface area contributed by atoms with Gasteiger partial charge in [0.1, 0.15) is 5.69 Å². The van der Waals surface area contributed by atoms with Gasteiger partial charge in [-0.2, -0.15) is 0 Å². The van der Waals surface area contributed by atoms with Crippen molar-refractivity contribution in [1.82, 2.24) is 15.0 Å². The maximum atomic E-state index is 5.73. The molecule has 33 heavy (non-hydrogen) atoms. The van der Waals surface area contributed by atoms with Crippen molar-refractivity contribution in [2.45, 2.75) is 116 Å². The lowest BCUT2D eigenvalue weighted by Gasteiger charge is -2.06. The molecule has 0 aromatic carbocycles. The zero-order valence-electron chi connectivity index (χ0n) is 20.9. The van der Waals surface area contributed by atoms with E-state index in [0.717, 1.165) is 30.1 Å². The van der Waals surface area contributed by atoms with Gasteiger partial charge in [-0.1, -0.05) is 103 Å². The molecule has 0 radical (unpaired) electrons. The van der Waals surface area contributed by atoms with Gasteiger partial charge >= 0.3 is 0 Å². The largest absolute Gasteiger partial charge is 0.477 e. The van der Waals surface area contributed by atoms with Gasteiger partial charge in [0.15, 0.2) is 0 Å². The first kappa shape index (κ1) is 25.6. The van der Waals surface area contributed by atoms with Gasteiger partial charge in [0.05, 0.1) is 24.7 Å². The van der Waals surface area contributed by atoms with Crippen molar-refractivity contribution in [3.05, 3.63) is 36.3 Å². The second kappa shape index (κ2) is 15.8. The van der Waals surface area contributed by atoms with Crippen LogP contribution in [0.25, 0.3) is 11.4 Å². The van der Waals surface area contributed by atoms with Crippen molar-refractivity contribution in [1.29, 1.82) is 0 Å². The van der Waals surface area contributed by atoms with Crippen LogP contribution in [0.3, 0.4) is 0 Å². The smallest absolute Gasteiger partial charge is 0.232 e. The summed E-state index contributed by atoms with van der Waals surface area (Å²) in [6.07, 6.45) is 28.3. The van der Waals surface area contributed by atoms with Crippen molar-refractivity contribution in [3.8, 4) is 17.3 Å². The molecule has 3 rings (SSSR count). The fourth-order valence-corrected chi connectivity index (χ4v) is 4.36. The van der Waals surface area contributed by atoms with Crippen molar-refractivity contribution in [2.24, 2.45) is 5.92 Å². The van der Waals surface area contributed by atoms with Crippen LogP contribution in [0, 0.1) is 5.92 Å². The molecule has 1 saturated carbocycles. The normalized spacial score (nSPS) is 13.4. The summed E-state index contributed by atoms with van der Waals surface area (Å²) in [5.74, 6) is 1.71. The monoisotopic (exact) mass is 451 g/mol. The predicted octanol–water partition coefficient (Wildman–Crippen LogP) is 8.35. The van der Waals surface area contributed by atoms with Gasteiger partial charge in [0.25, 0.3) is 0 Å². The molecule has 1 aliphatic rings. The number of aryl methyl sites for hydroxylation is 1. The Morgan fingerprint density at radius 3 is 2.06 bits per heavy atom. The number of rotatable bonds is 19. The van der Waals surface area contributed by atoms with E-state index in [9.17, 15) is 0 Å². The Morgan fingerprint density at radius 2 is 1.39 bits per heavy atom. The molecule has 0 atom stereocenters. The van der Waals surface area contributed by atoms with Gasteiger partial charge in [-0.25, -0.2) is 9.97 Å². The zero-order chi connectivity index (χ0) is 23.0. The van der Waals surface area contributed by atoms with E-state index in [0.29, 0.717) is 12.5 Å². The molecule has 4 heteroatoms. The third-order valence-electron chi connectivity index (χ3n) is 6.74. The van der Waals surface area contributed by atoms with Gasteiger partial charge in [-0.3, -0.25) is 4.98 Å². The minimum Gasteiger partial charge on any atom is -0.477 e. The van der Waals surface area contributed by atoms with Crippen LogP contribution in [0.15, 0.2) is 30.7 Å². The number of hydrogen-bond donors (Lipinski definition) is 0. The van der Waals surface area contributed by atoms with Crippen LogP contribution in [-0.2, 0) is 6.42 Å². The van der Waals surface area contributed by atoms with Crippen LogP contribution in [-0.4, -0.2) is 21.6 Å². The average Bonchev–Trinajstić information content (AvgIpc) is 3.68. The molecule has 0 aliphatic heterocycles. The summed E-state index contributed by atoms with van der Waals surface area (Å²) in [5.41, 5.74) is 2.99. The zero-order valence-corrected chi connectivity index (χ0v) is 20.9. The Kier molecular flexibility index (Phi) is 12.3. The molecule has 0 saturated heterocycles. The van der Waals surface area contributed by atoms with Crippen LogP contribution in [0.2, 0.25) is 0 Å². The third-order valence-corrected chi connectivity index (χ3v) is 6.74. The van der Waals surface area contributed by atoms with Gasteiger partial charge in [-0.15, -0.1) is 0 Å². The summed E-state index contributed by atoms with van der Waals surface area (Å²) < 4.78 is 5.73. The van der Waals surface area contributed by atoms with E-state index >= 15 is 0 Å². The molecule has 2 heterocycles. The SMILES string of the molecule is CCCCCCCCOc1cnc(-c2ccc(CCCCCCCCCC3CC3)cn2)cn1. The predicted molar refractivity (Wildman–Crippen MR) is 137 cm³/mol. The van der Waals surface area contributed by atoms with Crippen LogP contribution in [0.1, 0.15) is 115 Å². The molecule has 0 bridgehead atoms. The summed E-state index contributed by atoms with van der Waals surface area (Å²) in [6, 6.07) is 4.25. The van der Waals surface area contributed by atoms with Gasteiger partial charge in [0, 0.05) is 6.20 Å². The summed E-state index contributed by atoms with van der Waals surface area (Å²) in [4.78, 5) is 13.5. The summed E-state index contributed by atoms with van der Waals surface area (Å²) in [6.45, 7) is 2.96. The Labute approximate surface area is 202 Å². The van der Waals surface area contributed by atoms with Crippen molar-refractivity contribution >= 4 is 0 Å². The number of aromatic nitrogens is 3. The van der Waals surface area contributed by atoms with Crippen molar-refractivity contribution < 1.29 is 4.74 Å². The topological polar surface area (TPSA) is 47.9 Å². The van der Waals surface area contributed by atoms with Crippen molar-refractivity contribution in [3.63, 3.8) is 0 Å². The molecule has 0 N–H and O–H groups in total. The Balaban J connectivity index is 1.25. The van der Waals surface area contributed by atoms with Gasteiger partial charge < -0.3 is 4.74 Å². The average molecular weight is 452 g/mol. The van der Waals surface area contributed by atoms with E-state index in [1.807, 2.05) is 6.20 Å². The van der Waals surface area contributed by atoms with E-state index in [1.54, 1.807) is 12.4 Å². The molecule has 0 spiro atoms. The molecule has 4 nitrogen and oxygen atoms in total. The van der Waals surface area contributed by atoms with E-state index in [4.69, 9.17) is 4.74 Å². The third kappa shape index (κ3) is 11.1. The second-order valence-electron chi connectivity index (χ2n) is 9.86. The highest BCUT2D eigenvalue weighted by Gasteiger charge is 2.19. The molecule has 2 aromatic heterocycles. The highest BCUT2D eigenvalue weighted by molar-refractivity contribution is 5.52. The van der Waals surface area contributed by atoms with E-state index in [-0.39, 0.29) is 0 Å².